The maximum atomic E-state index is 13.7. The summed E-state index contributed by atoms with van der Waals surface area (Å²) >= 11 is 0. The molecule has 0 spiro atoms. The van der Waals surface area contributed by atoms with E-state index in [9.17, 15) is 9.59 Å². The number of methoxy groups -OCH3 is 2. The standard InChI is InChI=1S/C27H30N2O5/c1-5-34-22-14-13-17(15-23(22)33-4)25-24(16(2)28-19-10-8-11-20(30)26(19)25)27(31)29-18-9-6-7-12-21(18)32-3/h6-7,9,12-15,25,28H,5,8,10-11H2,1-4H3,(H,29,31)/t25-/m0/s1. The first-order valence-corrected chi connectivity index (χ1v) is 11.5. The normalized spacial score (nSPS) is 17.6. The third kappa shape index (κ3) is 4.38. The van der Waals surface area contributed by atoms with Crippen molar-refractivity contribution in [1.29, 1.82) is 0 Å². The van der Waals surface area contributed by atoms with Gasteiger partial charge in [0, 0.05) is 34.9 Å². The van der Waals surface area contributed by atoms with Crippen LogP contribution in [0.1, 0.15) is 44.6 Å². The van der Waals surface area contributed by atoms with Gasteiger partial charge in [-0.1, -0.05) is 18.2 Å². The van der Waals surface area contributed by atoms with E-state index in [0.717, 1.165) is 29.8 Å². The highest BCUT2D eigenvalue weighted by atomic mass is 16.5. The average molecular weight is 463 g/mol. The lowest BCUT2D eigenvalue weighted by molar-refractivity contribution is -0.116. The fraction of sp³-hybridized carbons (Fsp3) is 0.333. The largest absolute Gasteiger partial charge is 0.495 e. The SMILES string of the molecule is CCOc1ccc([C@H]2C(C(=O)Nc3ccccc3OC)=C(C)NC3=C2C(=O)CCC3)cc1OC. The minimum atomic E-state index is -0.525. The molecule has 0 saturated heterocycles. The van der Waals surface area contributed by atoms with Gasteiger partial charge in [0.2, 0.25) is 0 Å². The molecule has 4 rings (SSSR count). The van der Waals surface area contributed by atoms with Crippen LogP contribution in [-0.2, 0) is 9.59 Å². The van der Waals surface area contributed by atoms with E-state index in [1.165, 1.54) is 0 Å². The van der Waals surface area contributed by atoms with Crippen molar-refractivity contribution in [2.45, 2.75) is 39.0 Å². The van der Waals surface area contributed by atoms with E-state index in [-0.39, 0.29) is 11.7 Å². The van der Waals surface area contributed by atoms with Gasteiger partial charge in [-0.05, 0) is 56.5 Å². The molecule has 1 aliphatic carbocycles. The minimum absolute atomic E-state index is 0.0571. The van der Waals surface area contributed by atoms with Gasteiger partial charge in [0.25, 0.3) is 5.91 Å². The zero-order valence-electron chi connectivity index (χ0n) is 20.0. The second kappa shape index (κ2) is 10.0. The van der Waals surface area contributed by atoms with Crippen LogP contribution < -0.4 is 24.8 Å². The van der Waals surface area contributed by atoms with Crippen LogP contribution in [0.3, 0.4) is 0 Å². The monoisotopic (exact) mass is 462 g/mol. The first kappa shape index (κ1) is 23.4. The van der Waals surface area contributed by atoms with E-state index in [2.05, 4.69) is 10.6 Å². The van der Waals surface area contributed by atoms with E-state index in [1.807, 2.05) is 44.2 Å². The molecule has 0 fully saturated rings. The van der Waals surface area contributed by atoms with Crippen LogP contribution in [0.4, 0.5) is 5.69 Å². The van der Waals surface area contributed by atoms with Gasteiger partial charge < -0.3 is 24.8 Å². The molecule has 0 aromatic heterocycles. The van der Waals surface area contributed by atoms with Gasteiger partial charge in [-0.2, -0.15) is 0 Å². The summed E-state index contributed by atoms with van der Waals surface area (Å²) in [4.78, 5) is 26.8. The number of hydrogen-bond acceptors (Lipinski definition) is 6. The Hall–Kier alpha value is -3.74. The molecule has 2 aliphatic rings. The number of allylic oxidation sites excluding steroid dienone is 3. The summed E-state index contributed by atoms with van der Waals surface area (Å²) in [5, 5.41) is 6.32. The molecule has 0 radical (unpaired) electrons. The van der Waals surface area contributed by atoms with Crippen molar-refractivity contribution in [2.75, 3.05) is 26.1 Å². The number of ether oxygens (including phenoxy) is 3. The molecule has 34 heavy (non-hydrogen) atoms. The van der Waals surface area contributed by atoms with Gasteiger partial charge >= 0.3 is 0 Å². The second-order valence-corrected chi connectivity index (χ2v) is 8.26. The van der Waals surface area contributed by atoms with E-state index >= 15 is 0 Å². The molecule has 0 bridgehead atoms. The van der Waals surface area contributed by atoms with Crippen LogP contribution in [0.2, 0.25) is 0 Å². The van der Waals surface area contributed by atoms with Crippen LogP contribution >= 0.6 is 0 Å². The number of rotatable bonds is 7. The van der Waals surface area contributed by atoms with Crippen molar-refractivity contribution < 1.29 is 23.8 Å². The molecule has 0 unspecified atom stereocenters. The van der Waals surface area contributed by atoms with Crippen LogP contribution in [0, 0.1) is 0 Å². The van der Waals surface area contributed by atoms with Gasteiger partial charge in [-0.15, -0.1) is 0 Å². The fourth-order valence-electron chi connectivity index (χ4n) is 4.69. The fourth-order valence-corrected chi connectivity index (χ4v) is 4.69. The number of dihydropyridines is 1. The molecular formula is C27H30N2O5. The first-order chi connectivity index (χ1) is 16.5. The minimum Gasteiger partial charge on any atom is -0.495 e. The number of benzene rings is 2. The molecule has 2 N–H and O–H groups in total. The van der Waals surface area contributed by atoms with Crippen LogP contribution in [0.25, 0.3) is 0 Å². The number of Topliss-reactive ketones (excluding diaryl/α,β-unsaturated/α-hetero) is 1. The number of para-hydroxylation sites is 2. The Morgan fingerprint density at radius 1 is 1.06 bits per heavy atom. The lowest BCUT2D eigenvalue weighted by Gasteiger charge is -2.34. The number of carbonyl (C=O) groups is 2. The van der Waals surface area contributed by atoms with E-state index in [4.69, 9.17) is 14.2 Å². The van der Waals surface area contributed by atoms with Crippen LogP contribution in [0.5, 0.6) is 17.2 Å². The summed E-state index contributed by atoms with van der Waals surface area (Å²) in [7, 11) is 3.14. The van der Waals surface area contributed by atoms with Crippen molar-refractivity contribution in [2.24, 2.45) is 0 Å². The van der Waals surface area contributed by atoms with Crippen molar-refractivity contribution >= 4 is 17.4 Å². The smallest absolute Gasteiger partial charge is 0.254 e. The summed E-state index contributed by atoms with van der Waals surface area (Å²) in [6.45, 7) is 4.28. The zero-order chi connectivity index (χ0) is 24.2. The van der Waals surface area contributed by atoms with Gasteiger partial charge in [-0.25, -0.2) is 0 Å². The molecule has 2 aromatic rings. The van der Waals surface area contributed by atoms with Gasteiger partial charge in [0.15, 0.2) is 17.3 Å². The Labute approximate surface area is 199 Å². The molecule has 1 amide bonds. The summed E-state index contributed by atoms with van der Waals surface area (Å²) in [6, 6.07) is 12.8. The quantitative estimate of drug-likeness (QED) is 0.620. The number of carbonyl (C=O) groups excluding carboxylic acids is 2. The Morgan fingerprint density at radius 3 is 2.56 bits per heavy atom. The topological polar surface area (TPSA) is 85.9 Å². The maximum absolute atomic E-state index is 13.7. The number of ketones is 1. The van der Waals surface area contributed by atoms with E-state index in [0.29, 0.717) is 47.1 Å². The molecule has 0 saturated carbocycles. The lowest BCUT2D eigenvalue weighted by atomic mass is 9.75. The van der Waals surface area contributed by atoms with E-state index in [1.54, 1.807) is 26.4 Å². The average Bonchev–Trinajstić information content (AvgIpc) is 2.84. The molecule has 7 heteroatoms. The highest BCUT2D eigenvalue weighted by molar-refractivity contribution is 6.10. The Balaban J connectivity index is 1.81. The van der Waals surface area contributed by atoms with Crippen LogP contribution in [-0.4, -0.2) is 32.5 Å². The first-order valence-electron chi connectivity index (χ1n) is 11.5. The molecule has 1 atom stereocenters. The highest BCUT2D eigenvalue weighted by Crippen LogP contribution is 2.44. The number of hydrogen-bond donors (Lipinski definition) is 2. The molecule has 178 valence electrons. The molecular weight excluding hydrogens is 432 g/mol. The molecule has 1 aliphatic heterocycles. The van der Waals surface area contributed by atoms with Crippen molar-refractivity contribution in [3.8, 4) is 17.2 Å². The summed E-state index contributed by atoms with van der Waals surface area (Å²) in [6.07, 6.45) is 2.02. The summed E-state index contributed by atoms with van der Waals surface area (Å²) in [5.74, 6) is 0.978. The Morgan fingerprint density at radius 2 is 1.82 bits per heavy atom. The number of anilines is 1. The van der Waals surface area contributed by atoms with Crippen molar-refractivity contribution in [1.82, 2.24) is 5.32 Å². The zero-order valence-corrected chi connectivity index (χ0v) is 20.0. The van der Waals surface area contributed by atoms with Gasteiger partial charge in [0.05, 0.1) is 26.5 Å². The summed E-state index contributed by atoms with van der Waals surface area (Å²) in [5.41, 5.74) is 4.11. The molecule has 7 nitrogen and oxygen atoms in total. The lowest BCUT2D eigenvalue weighted by Crippen LogP contribution is -2.35. The number of amides is 1. The van der Waals surface area contributed by atoms with Gasteiger partial charge in [-0.3, -0.25) is 9.59 Å². The van der Waals surface area contributed by atoms with Crippen LogP contribution in [0.15, 0.2) is 65.0 Å². The molecule has 1 heterocycles. The Bertz CT molecular complexity index is 1180. The summed E-state index contributed by atoms with van der Waals surface area (Å²) < 4.78 is 16.6. The van der Waals surface area contributed by atoms with Crippen molar-refractivity contribution in [3.63, 3.8) is 0 Å². The van der Waals surface area contributed by atoms with Gasteiger partial charge in [0.1, 0.15) is 5.75 Å². The second-order valence-electron chi connectivity index (χ2n) is 8.26. The van der Waals surface area contributed by atoms with Crippen molar-refractivity contribution in [3.05, 3.63) is 70.6 Å². The number of nitrogens with one attached hydrogen (secondary N) is 2. The predicted octanol–water partition coefficient (Wildman–Crippen LogP) is 4.71. The highest BCUT2D eigenvalue weighted by Gasteiger charge is 2.39. The third-order valence-corrected chi connectivity index (χ3v) is 6.20. The molecule has 2 aromatic carbocycles. The van der Waals surface area contributed by atoms with E-state index < -0.39 is 5.92 Å². The predicted molar refractivity (Wildman–Crippen MR) is 130 cm³/mol. The maximum Gasteiger partial charge on any atom is 0.254 e. The third-order valence-electron chi connectivity index (χ3n) is 6.20. The Kier molecular flexibility index (Phi) is 6.91.